The Morgan fingerprint density at radius 2 is 1.67 bits per heavy atom. The molecule has 7 nitrogen and oxygen atoms in total. The topological polar surface area (TPSA) is 110 Å². The number of nitrogens with one attached hydrogen (secondary N) is 1. The summed E-state index contributed by atoms with van der Waals surface area (Å²) in [5.41, 5.74) is 11.5. The van der Waals surface area contributed by atoms with Gasteiger partial charge in [0.1, 0.15) is 11.6 Å². The number of hydrogen-bond donors (Lipinski definition) is 3. The van der Waals surface area contributed by atoms with Crippen LogP contribution in [0.4, 0.5) is 8.78 Å². The van der Waals surface area contributed by atoms with E-state index in [1.54, 1.807) is 21.1 Å². The van der Waals surface area contributed by atoms with Crippen molar-refractivity contribution >= 4 is 40.5 Å². The molecular weight excluding hydrogens is 657 g/mol. The van der Waals surface area contributed by atoms with Crippen LogP contribution in [0.3, 0.4) is 0 Å². The summed E-state index contributed by atoms with van der Waals surface area (Å²) in [5, 5.41) is 12.1. The number of pyridine rings is 2. The highest BCUT2D eigenvalue weighted by Crippen LogP contribution is 2.45. The van der Waals surface area contributed by atoms with E-state index in [9.17, 15) is 13.6 Å². The summed E-state index contributed by atoms with van der Waals surface area (Å²) >= 11 is 11.9. The first-order valence-corrected chi connectivity index (χ1v) is 16.7. The predicted octanol–water partition coefficient (Wildman–Crippen LogP) is 8.31. The minimum absolute atomic E-state index is 0.103. The van der Waals surface area contributed by atoms with Crippen LogP contribution in [-0.4, -0.2) is 55.9 Å². The second kappa shape index (κ2) is 20.3. The standard InChI is InChI=1S/C21H21ClF2N2O.C11H10ClN.2C2H6O.CH5N/c1-11-2-5-13-14(11)7-20(16(9-25-10-27)12-3-4-12)26-21(13)15-6-17(22)19(24)8-18(15)23;1-7-3-4-11-9(5-7)6-10(12)8(2)13-11;1-3-2;1-2-3;1-2/h6-8,10-12,16H,2-5,9H2,1H3,(H,25,27);3-6H,1-2H3;1-2H3;3H,2H2,1H3;2H2,1H3. The van der Waals surface area contributed by atoms with Crippen molar-refractivity contribution in [2.75, 3.05) is 34.4 Å². The lowest BCUT2D eigenvalue weighted by Gasteiger charge is -2.20. The van der Waals surface area contributed by atoms with E-state index in [1.807, 2.05) is 19.1 Å². The van der Waals surface area contributed by atoms with Crippen molar-refractivity contribution in [3.63, 3.8) is 0 Å². The predicted molar refractivity (Wildman–Crippen MR) is 193 cm³/mol. The molecule has 262 valence electrons. The number of aliphatic hydroxyl groups is 1. The van der Waals surface area contributed by atoms with E-state index in [-0.39, 0.29) is 23.1 Å². The molecule has 2 aliphatic carbocycles. The van der Waals surface area contributed by atoms with Crippen LogP contribution in [0, 0.1) is 31.4 Å². The maximum absolute atomic E-state index is 14.6. The maximum Gasteiger partial charge on any atom is 0.207 e. The first-order valence-electron chi connectivity index (χ1n) is 16.0. The van der Waals surface area contributed by atoms with Crippen molar-refractivity contribution in [1.82, 2.24) is 15.3 Å². The van der Waals surface area contributed by atoms with Gasteiger partial charge in [0.2, 0.25) is 6.41 Å². The third kappa shape index (κ3) is 11.2. The van der Waals surface area contributed by atoms with Gasteiger partial charge in [-0.3, -0.25) is 14.8 Å². The van der Waals surface area contributed by atoms with Crippen LogP contribution >= 0.6 is 23.2 Å². The van der Waals surface area contributed by atoms with Gasteiger partial charge < -0.3 is 20.9 Å². The number of methoxy groups -OCH3 is 1. The van der Waals surface area contributed by atoms with E-state index in [2.05, 4.69) is 52.8 Å². The number of rotatable bonds is 6. The number of benzene rings is 2. The molecule has 2 unspecified atom stereocenters. The number of carbonyl (C=O) groups excluding carboxylic acids is 1. The molecule has 1 fully saturated rings. The number of fused-ring (bicyclic) bond motifs is 2. The van der Waals surface area contributed by atoms with E-state index in [0.29, 0.717) is 30.5 Å². The Bertz CT molecular complexity index is 1630. The molecule has 4 aromatic rings. The maximum atomic E-state index is 14.6. The zero-order valence-corrected chi connectivity index (χ0v) is 30.4. The SMILES string of the molecule is CC1CCc2c1cc(C(CNC=O)C1CC1)nc2-c1cc(Cl)c(F)cc1F.CCO.CN.COC.Cc1ccc2nc(C)c(Cl)cc2c1. The number of aromatic nitrogens is 2. The average Bonchev–Trinajstić information content (AvgIpc) is 3.83. The van der Waals surface area contributed by atoms with Gasteiger partial charge in [-0.05, 0) is 107 Å². The summed E-state index contributed by atoms with van der Waals surface area (Å²) in [7, 11) is 4.75. The summed E-state index contributed by atoms with van der Waals surface area (Å²) < 4.78 is 32.5. The number of aryl methyl sites for hydroxylation is 2. The monoisotopic (exact) mass is 704 g/mol. The molecule has 2 aliphatic rings. The number of nitrogens with zero attached hydrogens (tertiary/aromatic N) is 2. The Morgan fingerprint density at radius 3 is 2.27 bits per heavy atom. The summed E-state index contributed by atoms with van der Waals surface area (Å²) in [4.78, 5) is 20.0. The fourth-order valence-electron chi connectivity index (χ4n) is 5.50. The number of ether oxygens (including phenoxy) is 1. The van der Waals surface area contributed by atoms with Gasteiger partial charge in [-0.1, -0.05) is 41.8 Å². The minimum Gasteiger partial charge on any atom is -0.397 e. The molecule has 2 heterocycles. The van der Waals surface area contributed by atoms with Gasteiger partial charge in [0.05, 0.1) is 26.9 Å². The molecule has 1 amide bonds. The van der Waals surface area contributed by atoms with Crippen LogP contribution in [0.5, 0.6) is 0 Å². The number of amides is 1. The molecular formula is C37H48Cl2F2N4O3. The quantitative estimate of drug-likeness (QED) is 0.138. The summed E-state index contributed by atoms with van der Waals surface area (Å²) in [6.45, 7) is 8.58. The van der Waals surface area contributed by atoms with Crippen molar-refractivity contribution in [1.29, 1.82) is 0 Å². The number of hydrogen-bond acceptors (Lipinski definition) is 6. The van der Waals surface area contributed by atoms with Crippen molar-refractivity contribution in [2.45, 2.75) is 65.2 Å². The lowest BCUT2D eigenvalue weighted by atomic mass is 9.92. The van der Waals surface area contributed by atoms with Crippen LogP contribution in [0.15, 0.2) is 42.5 Å². The van der Waals surface area contributed by atoms with Crippen molar-refractivity contribution in [3.8, 4) is 11.3 Å². The fourth-order valence-corrected chi connectivity index (χ4v) is 5.82. The lowest BCUT2D eigenvalue weighted by Crippen LogP contribution is -2.22. The van der Waals surface area contributed by atoms with Crippen LogP contribution in [-0.2, 0) is 16.0 Å². The highest BCUT2D eigenvalue weighted by atomic mass is 35.5. The largest absolute Gasteiger partial charge is 0.397 e. The Balaban J connectivity index is 0.000000317. The Morgan fingerprint density at radius 1 is 1.02 bits per heavy atom. The van der Waals surface area contributed by atoms with Crippen LogP contribution in [0.25, 0.3) is 22.2 Å². The molecule has 11 heteroatoms. The van der Waals surface area contributed by atoms with Crippen LogP contribution in [0.1, 0.15) is 73.0 Å². The Kier molecular flexibility index (Phi) is 17.4. The van der Waals surface area contributed by atoms with Crippen molar-refractivity contribution in [3.05, 3.63) is 92.2 Å². The van der Waals surface area contributed by atoms with Crippen LogP contribution in [0.2, 0.25) is 10.0 Å². The van der Waals surface area contributed by atoms with E-state index in [0.717, 1.165) is 64.6 Å². The molecule has 0 spiro atoms. The molecule has 6 rings (SSSR count). The molecule has 48 heavy (non-hydrogen) atoms. The number of nitrogens with two attached hydrogens (primary N) is 1. The van der Waals surface area contributed by atoms with E-state index < -0.39 is 11.6 Å². The fraction of sp³-hybridized carbons (Fsp3) is 0.432. The van der Waals surface area contributed by atoms with Gasteiger partial charge in [-0.2, -0.15) is 0 Å². The van der Waals surface area contributed by atoms with Gasteiger partial charge in [0, 0.05) is 56.0 Å². The van der Waals surface area contributed by atoms with Gasteiger partial charge in [0.25, 0.3) is 0 Å². The molecule has 1 saturated carbocycles. The van der Waals surface area contributed by atoms with Crippen molar-refractivity contribution in [2.24, 2.45) is 11.7 Å². The molecule has 2 aromatic carbocycles. The second-order valence-electron chi connectivity index (χ2n) is 11.6. The highest BCUT2D eigenvalue weighted by molar-refractivity contribution is 6.31. The second-order valence-corrected chi connectivity index (χ2v) is 12.4. The first kappa shape index (κ1) is 41.0. The van der Waals surface area contributed by atoms with E-state index >= 15 is 0 Å². The third-order valence-electron chi connectivity index (χ3n) is 7.89. The summed E-state index contributed by atoms with van der Waals surface area (Å²) in [5.74, 6) is -0.485. The average molecular weight is 706 g/mol. The van der Waals surface area contributed by atoms with Gasteiger partial charge >= 0.3 is 0 Å². The van der Waals surface area contributed by atoms with Gasteiger partial charge in [-0.25, -0.2) is 8.78 Å². The number of carbonyl (C=O) groups is 1. The summed E-state index contributed by atoms with van der Waals surface area (Å²) in [6, 6.07) is 12.4. The van der Waals surface area contributed by atoms with E-state index in [1.165, 1.54) is 24.2 Å². The molecule has 2 aromatic heterocycles. The van der Waals surface area contributed by atoms with Gasteiger partial charge in [0.15, 0.2) is 0 Å². The molecule has 0 bridgehead atoms. The Labute approximate surface area is 293 Å². The van der Waals surface area contributed by atoms with Crippen molar-refractivity contribution < 1.29 is 23.4 Å². The van der Waals surface area contributed by atoms with E-state index in [4.69, 9.17) is 33.3 Å². The lowest BCUT2D eigenvalue weighted by molar-refractivity contribution is -0.109. The third-order valence-corrected chi connectivity index (χ3v) is 8.57. The minimum atomic E-state index is -0.773. The zero-order valence-electron chi connectivity index (χ0n) is 28.8. The number of halogens is 4. The zero-order chi connectivity index (χ0) is 36.0. The molecule has 0 radical (unpaired) electrons. The smallest absolute Gasteiger partial charge is 0.207 e. The van der Waals surface area contributed by atoms with Crippen LogP contribution < -0.4 is 11.1 Å². The molecule has 4 N–H and O–H groups in total. The molecule has 0 saturated heterocycles. The summed E-state index contributed by atoms with van der Waals surface area (Å²) in [6.07, 6.45) is 4.70. The van der Waals surface area contributed by atoms with Gasteiger partial charge in [-0.15, -0.1) is 0 Å². The molecule has 2 atom stereocenters. The normalized spacial score (nSPS) is 14.8. The number of aliphatic hydroxyl groups excluding tert-OH is 1. The highest BCUT2D eigenvalue weighted by Gasteiger charge is 2.35. The first-order chi connectivity index (χ1) is 23.0. The molecule has 0 aliphatic heterocycles. The Hall–Kier alpha value is -3.21.